The number of piperidine rings is 1. The summed E-state index contributed by atoms with van der Waals surface area (Å²) in [5.74, 6) is -1.54. The van der Waals surface area contributed by atoms with Gasteiger partial charge in [0, 0.05) is 31.5 Å². The molecule has 1 aromatic carbocycles. The fourth-order valence-corrected chi connectivity index (χ4v) is 3.69. The van der Waals surface area contributed by atoms with E-state index in [9.17, 15) is 27.7 Å². The number of sulfonamides is 1. The summed E-state index contributed by atoms with van der Waals surface area (Å²) in [7, 11) is -3.98. The molecule has 1 aliphatic heterocycles. The Kier molecular flexibility index (Phi) is 4.06. The molecule has 1 aromatic rings. The zero-order chi connectivity index (χ0) is 15.8. The molecule has 1 fully saturated rings. The highest BCUT2D eigenvalue weighted by atomic mass is 32.2. The third kappa shape index (κ3) is 2.93. The highest BCUT2D eigenvalue weighted by Crippen LogP contribution is 2.26. The van der Waals surface area contributed by atoms with E-state index in [1.165, 1.54) is 0 Å². The summed E-state index contributed by atoms with van der Waals surface area (Å²) in [5.41, 5.74) is -0.891. The number of benzene rings is 1. The number of nitro groups is 1. The van der Waals surface area contributed by atoms with Crippen molar-refractivity contribution in [2.24, 2.45) is 5.92 Å². The zero-order valence-electron chi connectivity index (χ0n) is 11.2. The Bertz CT molecular complexity index is 704. The predicted octanol–water partition coefficient (Wildman–Crippen LogP) is 1.33. The molecule has 0 bridgehead atoms. The average molecular weight is 316 g/mol. The van der Waals surface area contributed by atoms with Crippen molar-refractivity contribution in [3.8, 4) is 0 Å². The normalized spacial score (nSPS) is 20.5. The van der Waals surface area contributed by atoms with Crippen molar-refractivity contribution < 1.29 is 22.5 Å². The zero-order valence-corrected chi connectivity index (χ0v) is 12.0. The molecule has 0 N–H and O–H groups in total. The second-order valence-electron chi connectivity index (χ2n) is 4.85. The largest absolute Gasteiger partial charge is 0.306 e. The number of nitro benzene ring substituents is 1. The fraction of sp³-hybridized carbons (Fsp3) is 0.417. The number of hydrogen-bond acceptors (Lipinski definition) is 5. The number of Topliss-reactive ketones (excluding diaryl/α,β-unsaturated/α-hetero) is 1. The first-order valence-electron chi connectivity index (χ1n) is 6.20. The minimum Gasteiger partial charge on any atom is -0.299 e. The van der Waals surface area contributed by atoms with Gasteiger partial charge in [-0.3, -0.25) is 14.9 Å². The highest BCUT2D eigenvalue weighted by Gasteiger charge is 2.33. The number of carbonyl (C=O) groups is 1. The van der Waals surface area contributed by atoms with Gasteiger partial charge in [-0.15, -0.1) is 0 Å². The van der Waals surface area contributed by atoms with E-state index in [-0.39, 0.29) is 30.2 Å². The number of hydrogen-bond donors (Lipinski definition) is 0. The quantitative estimate of drug-likeness (QED) is 0.619. The van der Waals surface area contributed by atoms with Crippen LogP contribution in [0.3, 0.4) is 0 Å². The van der Waals surface area contributed by atoms with E-state index in [1.807, 2.05) is 0 Å². The van der Waals surface area contributed by atoms with E-state index in [0.717, 1.165) is 16.4 Å². The highest BCUT2D eigenvalue weighted by molar-refractivity contribution is 7.89. The SMILES string of the molecule is CC1CN(S(=O)(=O)c2ccc(F)c([N+](=O)[O-])c2)CCC1=O. The number of halogens is 1. The van der Waals surface area contributed by atoms with Gasteiger partial charge in [-0.2, -0.15) is 8.70 Å². The molecule has 1 saturated heterocycles. The molecule has 0 amide bonds. The third-order valence-corrected chi connectivity index (χ3v) is 5.25. The van der Waals surface area contributed by atoms with Crippen LogP contribution in [0.4, 0.5) is 10.1 Å². The van der Waals surface area contributed by atoms with Crippen molar-refractivity contribution in [1.29, 1.82) is 0 Å². The molecule has 0 aromatic heterocycles. The summed E-state index contributed by atoms with van der Waals surface area (Å²) in [5, 5.41) is 10.7. The van der Waals surface area contributed by atoms with Crippen LogP contribution in [-0.2, 0) is 14.8 Å². The molecular weight excluding hydrogens is 303 g/mol. The summed E-state index contributed by atoms with van der Waals surface area (Å²) < 4.78 is 39.2. The molecule has 1 heterocycles. The van der Waals surface area contributed by atoms with Gasteiger partial charge in [0.1, 0.15) is 5.78 Å². The number of carbonyl (C=O) groups excluding carboxylic acids is 1. The van der Waals surface area contributed by atoms with Crippen LogP contribution in [0, 0.1) is 21.8 Å². The second-order valence-corrected chi connectivity index (χ2v) is 6.79. The van der Waals surface area contributed by atoms with Crippen LogP contribution in [0.1, 0.15) is 13.3 Å². The lowest BCUT2D eigenvalue weighted by atomic mass is 10.0. The van der Waals surface area contributed by atoms with Gasteiger partial charge in [0.15, 0.2) is 0 Å². The minimum absolute atomic E-state index is 0.0202. The van der Waals surface area contributed by atoms with Gasteiger partial charge in [0.25, 0.3) is 0 Å². The van der Waals surface area contributed by atoms with Crippen LogP contribution in [0.5, 0.6) is 0 Å². The van der Waals surface area contributed by atoms with Gasteiger partial charge in [0.2, 0.25) is 15.8 Å². The fourth-order valence-electron chi connectivity index (χ4n) is 2.14. The van der Waals surface area contributed by atoms with E-state index in [2.05, 4.69) is 0 Å². The van der Waals surface area contributed by atoms with Gasteiger partial charge in [-0.05, 0) is 12.1 Å². The summed E-state index contributed by atoms with van der Waals surface area (Å²) >= 11 is 0. The number of ketones is 1. The molecule has 0 aliphatic carbocycles. The monoisotopic (exact) mass is 316 g/mol. The molecule has 21 heavy (non-hydrogen) atoms. The first-order valence-corrected chi connectivity index (χ1v) is 7.64. The molecule has 0 spiro atoms. The molecule has 0 saturated carbocycles. The third-order valence-electron chi connectivity index (χ3n) is 3.39. The average Bonchev–Trinajstić information content (AvgIpc) is 2.41. The molecule has 0 radical (unpaired) electrons. The van der Waals surface area contributed by atoms with Gasteiger partial charge in [-0.1, -0.05) is 6.92 Å². The molecular formula is C12H13FN2O5S. The van der Waals surface area contributed by atoms with Gasteiger partial charge >= 0.3 is 5.69 Å². The van der Waals surface area contributed by atoms with Crippen LogP contribution in [0.2, 0.25) is 0 Å². The maximum Gasteiger partial charge on any atom is 0.306 e. The van der Waals surface area contributed by atoms with Crippen molar-refractivity contribution >= 4 is 21.5 Å². The lowest BCUT2D eigenvalue weighted by Gasteiger charge is -2.29. The molecule has 1 unspecified atom stereocenters. The maximum atomic E-state index is 13.3. The Morgan fingerprint density at radius 1 is 1.43 bits per heavy atom. The van der Waals surface area contributed by atoms with Crippen molar-refractivity contribution in [3.05, 3.63) is 34.1 Å². The first kappa shape index (κ1) is 15.5. The Morgan fingerprint density at radius 2 is 2.10 bits per heavy atom. The van der Waals surface area contributed by atoms with E-state index < -0.39 is 32.4 Å². The van der Waals surface area contributed by atoms with Crippen molar-refractivity contribution in [2.45, 2.75) is 18.2 Å². The summed E-state index contributed by atoms with van der Waals surface area (Å²) in [6.07, 6.45) is 0.101. The minimum atomic E-state index is -3.98. The van der Waals surface area contributed by atoms with Crippen LogP contribution in [0.25, 0.3) is 0 Å². The van der Waals surface area contributed by atoms with E-state index in [4.69, 9.17) is 0 Å². The van der Waals surface area contributed by atoms with E-state index in [0.29, 0.717) is 6.07 Å². The van der Waals surface area contributed by atoms with Crippen LogP contribution >= 0.6 is 0 Å². The number of rotatable bonds is 3. The summed E-state index contributed by atoms with van der Waals surface area (Å²) in [4.78, 5) is 20.8. The van der Waals surface area contributed by atoms with Crippen LogP contribution < -0.4 is 0 Å². The summed E-state index contributed by atoms with van der Waals surface area (Å²) in [6.45, 7) is 1.67. The Hall–Kier alpha value is -1.87. The lowest BCUT2D eigenvalue weighted by molar-refractivity contribution is -0.387. The standard InChI is InChI=1S/C12H13FN2O5S/c1-8-7-14(5-4-12(8)16)21(19,20)9-2-3-10(13)11(6-9)15(17)18/h2-3,6,8H,4-5,7H2,1H3. The first-order chi connectivity index (χ1) is 9.73. The Balaban J connectivity index is 2.38. The molecule has 2 rings (SSSR count). The summed E-state index contributed by atoms with van der Waals surface area (Å²) in [6, 6.07) is 2.44. The van der Waals surface area contributed by atoms with E-state index in [1.54, 1.807) is 6.92 Å². The van der Waals surface area contributed by atoms with Gasteiger partial charge in [0.05, 0.1) is 9.82 Å². The van der Waals surface area contributed by atoms with E-state index >= 15 is 0 Å². The molecule has 1 atom stereocenters. The lowest BCUT2D eigenvalue weighted by Crippen LogP contribution is -2.43. The molecule has 7 nitrogen and oxygen atoms in total. The molecule has 1 aliphatic rings. The number of nitrogens with zero attached hydrogens (tertiary/aromatic N) is 2. The van der Waals surface area contributed by atoms with Gasteiger partial charge < -0.3 is 0 Å². The second kappa shape index (κ2) is 5.49. The van der Waals surface area contributed by atoms with Crippen molar-refractivity contribution in [3.63, 3.8) is 0 Å². The molecule has 114 valence electrons. The maximum absolute atomic E-state index is 13.3. The van der Waals surface area contributed by atoms with Crippen LogP contribution in [-0.4, -0.2) is 36.5 Å². The van der Waals surface area contributed by atoms with Gasteiger partial charge in [-0.25, -0.2) is 8.42 Å². The Morgan fingerprint density at radius 3 is 2.67 bits per heavy atom. The topological polar surface area (TPSA) is 97.6 Å². The van der Waals surface area contributed by atoms with Crippen molar-refractivity contribution in [2.75, 3.05) is 13.1 Å². The Labute approximate surface area is 120 Å². The predicted molar refractivity (Wildman–Crippen MR) is 70.6 cm³/mol. The smallest absolute Gasteiger partial charge is 0.299 e. The molecule has 9 heteroatoms. The van der Waals surface area contributed by atoms with Crippen molar-refractivity contribution in [1.82, 2.24) is 4.31 Å². The van der Waals surface area contributed by atoms with Crippen LogP contribution in [0.15, 0.2) is 23.1 Å².